The Balaban J connectivity index is 2.57. The first-order valence-electron chi connectivity index (χ1n) is 6.74. The maximum Gasteiger partial charge on any atom is 0.252 e. The first-order valence-corrected chi connectivity index (χ1v) is 6.74. The van der Waals surface area contributed by atoms with Crippen molar-refractivity contribution in [1.82, 2.24) is 5.32 Å². The van der Waals surface area contributed by atoms with Gasteiger partial charge in [-0.3, -0.25) is 4.79 Å². The molecule has 2 N–H and O–H groups in total. The Morgan fingerprint density at radius 2 is 2.14 bits per heavy atom. The number of hydrogen-bond acceptors (Lipinski definition) is 4. The number of aryl methyl sites for hydroxylation is 1. The third kappa shape index (κ3) is 6.41. The number of carbonyl (C=O) groups is 1. The van der Waals surface area contributed by atoms with E-state index in [1.165, 1.54) is 0 Å². The van der Waals surface area contributed by atoms with Crippen molar-refractivity contribution in [3.8, 4) is 11.8 Å². The number of carbonyl (C=O) groups excluding carboxylic acids is 1. The SMILES string of the molecule is COCCOCCNC(=O)c1ccc(C)cc1C#CCO. The number of rotatable bonds is 7. The number of methoxy groups -OCH3 is 1. The van der Waals surface area contributed by atoms with Crippen LogP contribution in [0.15, 0.2) is 18.2 Å². The van der Waals surface area contributed by atoms with Crippen LogP contribution in [0.3, 0.4) is 0 Å². The molecular formula is C16H21NO4. The van der Waals surface area contributed by atoms with Crippen molar-refractivity contribution in [3.05, 3.63) is 34.9 Å². The molecule has 1 amide bonds. The number of nitrogens with one attached hydrogen (secondary N) is 1. The van der Waals surface area contributed by atoms with E-state index in [1.54, 1.807) is 13.2 Å². The molecule has 5 heteroatoms. The molecule has 0 aromatic heterocycles. The van der Waals surface area contributed by atoms with Crippen LogP contribution in [0.4, 0.5) is 0 Å². The van der Waals surface area contributed by atoms with Crippen LogP contribution in [-0.2, 0) is 9.47 Å². The van der Waals surface area contributed by atoms with E-state index < -0.39 is 0 Å². The minimum absolute atomic E-state index is 0.201. The maximum absolute atomic E-state index is 12.1. The summed E-state index contributed by atoms with van der Waals surface area (Å²) < 4.78 is 10.1. The Labute approximate surface area is 125 Å². The Bertz CT molecular complexity index is 517. The third-order valence-electron chi connectivity index (χ3n) is 2.69. The molecule has 0 fully saturated rings. The monoisotopic (exact) mass is 291 g/mol. The van der Waals surface area contributed by atoms with E-state index in [2.05, 4.69) is 17.2 Å². The number of ether oxygens (including phenoxy) is 2. The molecule has 0 spiro atoms. The molecule has 0 heterocycles. The predicted octanol–water partition coefficient (Wildman–Crippen LogP) is 0.732. The molecule has 0 saturated heterocycles. The summed E-state index contributed by atoms with van der Waals surface area (Å²) in [6, 6.07) is 5.42. The molecule has 0 bridgehead atoms. The highest BCUT2D eigenvalue weighted by Crippen LogP contribution is 2.10. The van der Waals surface area contributed by atoms with Crippen molar-refractivity contribution < 1.29 is 19.4 Å². The van der Waals surface area contributed by atoms with E-state index in [1.807, 2.05) is 19.1 Å². The average molecular weight is 291 g/mol. The lowest BCUT2D eigenvalue weighted by Crippen LogP contribution is -2.28. The minimum Gasteiger partial charge on any atom is -0.384 e. The number of aliphatic hydroxyl groups is 1. The van der Waals surface area contributed by atoms with Gasteiger partial charge in [0.25, 0.3) is 5.91 Å². The predicted molar refractivity (Wildman–Crippen MR) is 80.2 cm³/mol. The van der Waals surface area contributed by atoms with E-state index >= 15 is 0 Å². The van der Waals surface area contributed by atoms with Crippen LogP contribution in [0.2, 0.25) is 0 Å². The molecule has 0 aliphatic heterocycles. The Hall–Kier alpha value is -1.87. The summed E-state index contributed by atoms with van der Waals surface area (Å²) in [7, 11) is 1.61. The summed E-state index contributed by atoms with van der Waals surface area (Å²) in [6.45, 7) is 3.58. The molecule has 0 aliphatic rings. The third-order valence-corrected chi connectivity index (χ3v) is 2.69. The second kappa shape index (κ2) is 9.94. The van der Waals surface area contributed by atoms with Crippen molar-refractivity contribution in [2.75, 3.05) is 40.1 Å². The van der Waals surface area contributed by atoms with Crippen LogP contribution in [0.25, 0.3) is 0 Å². The lowest BCUT2D eigenvalue weighted by molar-refractivity contribution is 0.0692. The normalized spacial score (nSPS) is 9.86. The van der Waals surface area contributed by atoms with Crippen LogP contribution < -0.4 is 5.32 Å². The molecule has 21 heavy (non-hydrogen) atoms. The van der Waals surface area contributed by atoms with Crippen LogP contribution in [-0.4, -0.2) is 51.1 Å². The molecule has 0 aliphatic carbocycles. The molecular weight excluding hydrogens is 270 g/mol. The van der Waals surface area contributed by atoms with E-state index in [-0.39, 0.29) is 12.5 Å². The van der Waals surface area contributed by atoms with Gasteiger partial charge in [0.2, 0.25) is 0 Å². The summed E-state index contributed by atoms with van der Waals surface area (Å²) in [6.07, 6.45) is 0. The van der Waals surface area contributed by atoms with Gasteiger partial charge in [-0.15, -0.1) is 0 Å². The second-order valence-corrected chi connectivity index (χ2v) is 4.37. The highest BCUT2D eigenvalue weighted by atomic mass is 16.5. The fourth-order valence-electron chi connectivity index (χ4n) is 1.67. The van der Waals surface area contributed by atoms with E-state index in [0.717, 1.165) is 5.56 Å². The molecule has 0 saturated carbocycles. The van der Waals surface area contributed by atoms with Crippen molar-refractivity contribution in [1.29, 1.82) is 0 Å². The molecule has 114 valence electrons. The summed E-state index contributed by atoms with van der Waals surface area (Å²) in [4.78, 5) is 12.1. The molecule has 0 radical (unpaired) electrons. The fourth-order valence-corrected chi connectivity index (χ4v) is 1.67. The topological polar surface area (TPSA) is 67.8 Å². The van der Waals surface area contributed by atoms with Gasteiger partial charge in [0.1, 0.15) is 6.61 Å². The van der Waals surface area contributed by atoms with Crippen LogP contribution in [0, 0.1) is 18.8 Å². The Morgan fingerprint density at radius 1 is 1.33 bits per heavy atom. The van der Waals surface area contributed by atoms with Crippen molar-refractivity contribution >= 4 is 5.91 Å². The zero-order chi connectivity index (χ0) is 15.5. The fraction of sp³-hybridized carbons (Fsp3) is 0.438. The number of benzene rings is 1. The largest absolute Gasteiger partial charge is 0.384 e. The molecule has 0 unspecified atom stereocenters. The van der Waals surface area contributed by atoms with Crippen molar-refractivity contribution in [3.63, 3.8) is 0 Å². The summed E-state index contributed by atoms with van der Waals surface area (Å²) in [5.74, 6) is 5.16. The lowest BCUT2D eigenvalue weighted by atomic mass is 10.0. The van der Waals surface area contributed by atoms with Gasteiger partial charge in [0.05, 0.1) is 25.4 Å². The standard InChI is InChI=1S/C16H21NO4/c1-13-5-6-15(14(12-13)4-3-8-18)16(19)17-7-9-21-11-10-20-2/h5-6,12,18H,7-11H2,1-2H3,(H,17,19). The van der Waals surface area contributed by atoms with E-state index in [9.17, 15) is 4.79 Å². The molecule has 1 aromatic rings. The van der Waals surface area contributed by atoms with Gasteiger partial charge in [-0.25, -0.2) is 0 Å². The lowest BCUT2D eigenvalue weighted by Gasteiger charge is -2.08. The van der Waals surface area contributed by atoms with Gasteiger partial charge in [-0.05, 0) is 24.6 Å². The van der Waals surface area contributed by atoms with E-state index in [0.29, 0.717) is 37.5 Å². The minimum atomic E-state index is -0.234. The van der Waals surface area contributed by atoms with Gasteiger partial charge in [0, 0.05) is 19.2 Å². The Morgan fingerprint density at radius 3 is 2.86 bits per heavy atom. The van der Waals surface area contributed by atoms with E-state index in [4.69, 9.17) is 14.6 Å². The average Bonchev–Trinajstić information content (AvgIpc) is 2.48. The van der Waals surface area contributed by atoms with Crippen LogP contribution >= 0.6 is 0 Å². The van der Waals surface area contributed by atoms with Crippen LogP contribution in [0.1, 0.15) is 21.5 Å². The van der Waals surface area contributed by atoms with Gasteiger partial charge >= 0.3 is 0 Å². The van der Waals surface area contributed by atoms with Gasteiger partial charge in [0.15, 0.2) is 0 Å². The molecule has 1 rings (SSSR count). The quantitative estimate of drug-likeness (QED) is 0.574. The summed E-state index contributed by atoms with van der Waals surface area (Å²) in [5.41, 5.74) is 2.12. The smallest absolute Gasteiger partial charge is 0.252 e. The van der Waals surface area contributed by atoms with Crippen molar-refractivity contribution in [2.24, 2.45) is 0 Å². The van der Waals surface area contributed by atoms with Gasteiger partial charge < -0.3 is 19.9 Å². The molecule has 1 aromatic carbocycles. The molecule has 0 atom stereocenters. The number of hydrogen-bond donors (Lipinski definition) is 2. The maximum atomic E-state index is 12.1. The number of aliphatic hydroxyl groups excluding tert-OH is 1. The highest BCUT2D eigenvalue weighted by Gasteiger charge is 2.09. The van der Waals surface area contributed by atoms with Crippen LogP contribution in [0.5, 0.6) is 0 Å². The molecule has 5 nitrogen and oxygen atoms in total. The highest BCUT2D eigenvalue weighted by molar-refractivity contribution is 5.96. The van der Waals surface area contributed by atoms with Gasteiger partial charge in [-0.2, -0.15) is 0 Å². The summed E-state index contributed by atoms with van der Waals surface area (Å²) in [5, 5.41) is 11.5. The Kier molecular flexibility index (Phi) is 8.14. The van der Waals surface area contributed by atoms with Crippen molar-refractivity contribution in [2.45, 2.75) is 6.92 Å². The summed E-state index contributed by atoms with van der Waals surface area (Å²) >= 11 is 0. The zero-order valence-electron chi connectivity index (χ0n) is 12.4. The number of amides is 1. The first kappa shape index (κ1) is 17.2. The first-order chi connectivity index (χ1) is 10.2. The second-order valence-electron chi connectivity index (χ2n) is 4.37. The van der Waals surface area contributed by atoms with Gasteiger partial charge in [-0.1, -0.05) is 17.9 Å². The zero-order valence-corrected chi connectivity index (χ0v) is 12.4.